The Morgan fingerprint density at radius 1 is 1.57 bits per heavy atom. The van der Waals surface area contributed by atoms with Crippen molar-refractivity contribution in [1.29, 1.82) is 0 Å². The summed E-state index contributed by atoms with van der Waals surface area (Å²) < 4.78 is 1.56. The van der Waals surface area contributed by atoms with Gasteiger partial charge in [0.05, 0.1) is 12.2 Å². The Kier molecular flexibility index (Phi) is 2.37. The second-order valence-electron chi connectivity index (χ2n) is 3.92. The molecule has 2 heterocycles. The van der Waals surface area contributed by atoms with Gasteiger partial charge in [-0.05, 0) is 32.4 Å². The van der Waals surface area contributed by atoms with E-state index in [1.807, 2.05) is 20.0 Å². The molecule has 0 bridgehead atoms. The normalized spacial score (nSPS) is 15.6. The van der Waals surface area contributed by atoms with Crippen LogP contribution in [-0.2, 0) is 13.0 Å². The van der Waals surface area contributed by atoms with Crippen LogP contribution in [0.15, 0.2) is 11.0 Å². The summed E-state index contributed by atoms with van der Waals surface area (Å²) in [6, 6.07) is 0.141. The molecule has 4 heteroatoms. The molecule has 1 aliphatic heterocycles. The van der Waals surface area contributed by atoms with Gasteiger partial charge in [0, 0.05) is 12.1 Å². The molecular formula is C10H15N3O. The molecule has 0 saturated heterocycles. The Morgan fingerprint density at radius 2 is 2.36 bits per heavy atom. The molecule has 14 heavy (non-hydrogen) atoms. The Labute approximate surface area is 82.9 Å². The van der Waals surface area contributed by atoms with Gasteiger partial charge in [0.1, 0.15) is 0 Å². The maximum Gasteiger partial charge on any atom is 0.270 e. The van der Waals surface area contributed by atoms with Crippen molar-refractivity contribution in [2.24, 2.45) is 0 Å². The molecule has 0 aliphatic carbocycles. The summed E-state index contributed by atoms with van der Waals surface area (Å²) in [6.45, 7) is 5.62. The highest BCUT2D eigenvalue weighted by atomic mass is 16.1. The van der Waals surface area contributed by atoms with E-state index in [-0.39, 0.29) is 11.6 Å². The summed E-state index contributed by atoms with van der Waals surface area (Å²) in [4.78, 5) is 11.9. The lowest BCUT2D eigenvalue weighted by molar-refractivity contribution is 0.486. The lowest BCUT2D eigenvalue weighted by atomic mass is 10.1. The Bertz CT molecular complexity index is 395. The van der Waals surface area contributed by atoms with Gasteiger partial charge in [0.25, 0.3) is 5.56 Å². The Hall–Kier alpha value is -1.16. The van der Waals surface area contributed by atoms with E-state index in [4.69, 9.17) is 0 Å². The number of aromatic nitrogens is 2. The molecule has 0 spiro atoms. The fourth-order valence-electron chi connectivity index (χ4n) is 1.76. The SMILES string of the molecule is CC(C)n1ncc2c(c1=O)CCNC2. The van der Waals surface area contributed by atoms with E-state index in [9.17, 15) is 4.79 Å². The van der Waals surface area contributed by atoms with Crippen LogP contribution in [0, 0.1) is 0 Å². The molecule has 4 nitrogen and oxygen atoms in total. The smallest absolute Gasteiger partial charge is 0.270 e. The predicted molar refractivity (Wildman–Crippen MR) is 54.3 cm³/mol. The number of nitrogens with one attached hydrogen (secondary N) is 1. The second kappa shape index (κ2) is 3.53. The minimum absolute atomic E-state index is 0.0824. The van der Waals surface area contributed by atoms with Crippen molar-refractivity contribution in [2.75, 3.05) is 6.54 Å². The Morgan fingerprint density at radius 3 is 3.07 bits per heavy atom. The first-order valence-corrected chi connectivity index (χ1v) is 5.00. The fraction of sp³-hybridized carbons (Fsp3) is 0.600. The van der Waals surface area contributed by atoms with Gasteiger partial charge in [-0.25, -0.2) is 4.68 Å². The quantitative estimate of drug-likeness (QED) is 0.705. The molecule has 0 fully saturated rings. The monoisotopic (exact) mass is 193 g/mol. The van der Waals surface area contributed by atoms with Gasteiger partial charge in [0.2, 0.25) is 0 Å². The zero-order valence-corrected chi connectivity index (χ0v) is 8.58. The number of nitrogens with zero attached hydrogens (tertiary/aromatic N) is 2. The predicted octanol–water partition coefficient (Wildman–Crippen LogP) is 0.470. The third kappa shape index (κ3) is 1.46. The first-order chi connectivity index (χ1) is 6.70. The molecule has 1 aliphatic rings. The first-order valence-electron chi connectivity index (χ1n) is 5.00. The molecular weight excluding hydrogens is 178 g/mol. The van der Waals surface area contributed by atoms with Crippen molar-refractivity contribution in [1.82, 2.24) is 15.1 Å². The molecule has 0 atom stereocenters. The van der Waals surface area contributed by atoms with E-state index in [1.165, 1.54) is 0 Å². The van der Waals surface area contributed by atoms with Crippen LogP contribution in [0.25, 0.3) is 0 Å². The standard InChI is InChI=1S/C10H15N3O/c1-7(2)13-10(14)9-3-4-11-5-8(9)6-12-13/h6-7,11H,3-5H2,1-2H3. The number of rotatable bonds is 1. The van der Waals surface area contributed by atoms with Crippen molar-refractivity contribution < 1.29 is 0 Å². The van der Waals surface area contributed by atoms with Crippen LogP contribution in [0.2, 0.25) is 0 Å². The van der Waals surface area contributed by atoms with E-state index >= 15 is 0 Å². The Balaban J connectivity index is 2.55. The molecule has 1 N–H and O–H groups in total. The van der Waals surface area contributed by atoms with E-state index in [1.54, 1.807) is 4.68 Å². The summed E-state index contributed by atoms with van der Waals surface area (Å²) in [6.07, 6.45) is 2.63. The van der Waals surface area contributed by atoms with E-state index in [2.05, 4.69) is 10.4 Å². The average molecular weight is 193 g/mol. The number of fused-ring (bicyclic) bond motifs is 1. The average Bonchev–Trinajstić information content (AvgIpc) is 2.18. The molecule has 0 amide bonds. The number of hydrogen-bond acceptors (Lipinski definition) is 3. The second-order valence-corrected chi connectivity index (χ2v) is 3.92. The van der Waals surface area contributed by atoms with E-state index in [0.717, 1.165) is 30.6 Å². The van der Waals surface area contributed by atoms with E-state index in [0.29, 0.717) is 0 Å². The van der Waals surface area contributed by atoms with Crippen molar-refractivity contribution in [3.05, 3.63) is 27.7 Å². The maximum absolute atomic E-state index is 11.9. The summed E-state index contributed by atoms with van der Waals surface area (Å²) >= 11 is 0. The summed E-state index contributed by atoms with van der Waals surface area (Å²) in [5.41, 5.74) is 2.07. The van der Waals surface area contributed by atoms with E-state index < -0.39 is 0 Å². The highest BCUT2D eigenvalue weighted by molar-refractivity contribution is 5.23. The topological polar surface area (TPSA) is 46.9 Å². The fourth-order valence-corrected chi connectivity index (χ4v) is 1.76. The highest BCUT2D eigenvalue weighted by Crippen LogP contribution is 2.08. The highest BCUT2D eigenvalue weighted by Gasteiger charge is 2.15. The zero-order chi connectivity index (χ0) is 10.1. The molecule has 76 valence electrons. The molecule has 0 saturated carbocycles. The molecule has 2 rings (SSSR count). The van der Waals surface area contributed by atoms with Gasteiger partial charge >= 0.3 is 0 Å². The lowest BCUT2D eigenvalue weighted by Gasteiger charge is -2.18. The van der Waals surface area contributed by atoms with Crippen LogP contribution in [-0.4, -0.2) is 16.3 Å². The van der Waals surface area contributed by atoms with Gasteiger partial charge in [-0.2, -0.15) is 5.10 Å². The summed E-state index contributed by atoms with van der Waals surface area (Å²) in [7, 11) is 0. The van der Waals surface area contributed by atoms with Gasteiger partial charge in [-0.1, -0.05) is 0 Å². The largest absolute Gasteiger partial charge is 0.312 e. The molecule has 0 unspecified atom stereocenters. The van der Waals surface area contributed by atoms with Crippen LogP contribution < -0.4 is 10.9 Å². The maximum atomic E-state index is 11.9. The van der Waals surface area contributed by atoms with Gasteiger partial charge in [0.15, 0.2) is 0 Å². The van der Waals surface area contributed by atoms with Crippen LogP contribution in [0.4, 0.5) is 0 Å². The van der Waals surface area contributed by atoms with Crippen LogP contribution >= 0.6 is 0 Å². The minimum atomic E-state index is 0.0824. The molecule has 0 aromatic carbocycles. The van der Waals surface area contributed by atoms with Gasteiger partial charge in [-0.3, -0.25) is 4.79 Å². The number of hydrogen-bond donors (Lipinski definition) is 1. The lowest BCUT2D eigenvalue weighted by Crippen LogP contribution is -2.35. The minimum Gasteiger partial charge on any atom is -0.312 e. The van der Waals surface area contributed by atoms with Crippen molar-refractivity contribution in [3.63, 3.8) is 0 Å². The van der Waals surface area contributed by atoms with Gasteiger partial charge < -0.3 is 5.32 Å². The summed E-state index contributed by atoms with van der Waals surface area (Å²) in [5, 5.41) is 7.38. The molecule has 1 aromatic rings. The van der Waals surface area contributed by atoms with Gasteiger partial charge in [-0.15, -0.1) is 0 Å². The first kappa shape index (κ1) is 9.40. The van der Waals surface area contributed by atoms with Crippen molar-refractivity contribution >= 4 is 0 Å². The van der Waals surface area contributed by atoms with Crippen molar-refractivity contribution in [2.45, 2.75) is 32.9 Å². The third-order valence-electron chi connectivity index (χ3n) is 2.55. The van der Waals surface area contributed by atoms with Crippen molar-refractivity contribution in [3.8, 4) is 0 Å². The van der Waals surface area contributed by atoms with Crippen LogP contribution in [0.3, 0.4) is 0 Å². The molecule has 0 radical (unpaired) electrons. The van der Waals surface area contributed by atoms with Crippen LogP contribution in [0.1, 0.15) is 31.0 Å². The third-order valence-corrected chi connectivity index (χ3v) is 2.55. The molecule has 1 aromatic heterocycles. The zero-order valence-electron chi connectivity index (χ0n) is 8.58. The van der Waals surface area contributed by atoms with Crippen LogP contribution in [0.5, 0.6) is 0 Å². The summed E-state index contributed by atoms with van der Waals surface area (Å²) in [5.74, 6) is 0.